The number of likely N-dealkylation sites (tertiary alicyclic amines) is 1. The first-order chi connectivity index (χ1) is 13.0. The fraction of sp³-hybridized carbons (Fsp3) is 0.333. The molecule has 6 heteroatoms. The summed E-state index contributed by atoms with van der Waals surface area (Å²) in [6.45, 7) is 1.57. The standard InChI is InChI=1S/C21H24ClN3O2/c1-24(2)19-11-10-17(23-20(26)15-6-8-16(22)9-7-15)14-18(19)21(27)25-12-4-3-5-13-25/h6-11,14H,3-5,12-13H2,1-2H3,(H,23,26). The Morgan fingerprint density at radius 2 is 1.67 bits per heavy atom. The maximum Gasteiger partial charge on any atom is 0.256 e. The van der Waals surface area contributed by atoms with Crippen molar-refractivity contribution in [2.24, 2.45) is 0 Å². The van der Waals surface area contributed by atoms with Gasteiger partial charge < -0.3 is 15.1 Å². The largest absolute Gasteiger partial charge is 0.377 e. The van der Waals surface area contributed by atoms with Gasteiger partial charge in [-0.25, -0.2) is 0 Å². The molecule has 0 spiro atoms. The lowest BCUT2D eigenvalue weighted by atomic mass is 10.1. The first-order valence-electron chi connectivity index (χ1n) is 9.13. The second kappa shape index (κ2) is 8.44. The number of hydrogen-bond donors (Lipinski definition) is 1. The number of carbonyl (C=O) groups excluding carboxylic acids is 2. The van der Waals surface area contributed by atoms with E-state index >= 15 is 0 Å². The van der Waals surface area contributed by atoms with E-state index < -0.39 is 0 Å². The van der Waals surface area contributed by atoms with Crippen LogP contribution in [0.2, 0.25) is 5.02 Å². The minimum atomic E-state index is -0.236. The Hall–Kier alpha value is -2.53. The molecule has 0 radical (unpaired) electrons. The maximum absolute atomic E-state index is 13.0. The van der Waals surface area contributed by atoms with E-state index in [0.29, 0.717) is 21.8 Å². The van der Waals surface area contributed by atoms with Gasteiger partial charge in [-0.1, -0.05) is 11.6 Å². The number of rotatable bonds is 4. The molecule has 2 aromatic carbocycles. The van der Waals surface area contributed by atoms with Gasteiger partial charge >= 0.3 is 0 Å². The van der Waals surface area contributed by atoms with Crippen LogP contribution in [0.25, 0.3) is 0 Å². The van der Waals surface area contributed by atoms with E-state index in [2.05, 4.69) is 5.32 Å². The summed E-state index contributed by atoms with van der Waals surface area (Å²) in [5, 5.41) is 3.45. The van der Waals surface area contributed by atoms with Crippen LogP contribution < -0.4 is 10.2 Å². The van der Waals surface area contributed by atoms with Crippen LogP contribution in [-0.4, -0.2) is 43.9 Å². The van der Waals surface area contributed by atoms with E-state index in [0.717, 1.165) is 31.6 Å². The van der Waals surface area contributed by atoms with E-state index in [1.807, 2.05) is 36.0 Å². The van der Waals surface area contributed by atoms with E-state index in [1.54, 1.807) is 30.3 Å². The Labute approximate surface area is 164 Å². The lowest BCUT2D eigenvalue weighted by Crippen LogP contribution is -2.36. The predicted octanol–water partition coefficient (Wildman–Crippen LogP) is 4.28. The Kier molecular flexibility index (Phi) is 6.01. The summed E-state index contributed by atoms with van der Waals surface area (Å²) in [6.07, 6.45) is 3.24. The van der Waals surface area contributed by atoms with Crippen molar-refractivity contribution in [3.8, 4) is 0 Å². The highest BCUT2D eigenvalue weighted by Crippen LogP contribution is 2.26. The third kappa shape index (κ3) is 4.61. The van der Waals surface area contributed by atoms with Crippen LogP contribution in [0.1, 0.15) is 40.0 Å². The summed E-state index contributed by atoms with van der Waals surface area (Å²) in [5.41, 5.74) is 2.56. The molecule has 1 heterocycles. The normalized spacial score (nSPS) is 14.0. The second-order valence-electron chi connectivity index (χ2n) is 6.94. The smallest absolute Gasteiger partial charge is 0.256 e. The van der Waals surface area contributed by atoms with Gasteiger partial charge in [-0.15, -0.1) is 0 Å². The van der Waals surface area contributed by atoms with Gasteiger partial charge in [0.15, 0.2) is 0 Å². The highest BCUT2D eigenvalue weighted by atomic mass is 35.5. The Bertz CT molecular complexity index is 828. The molecule has 0 aromatic heterocycles. The summed E-state index contributed by atoms with van der Waals surface area (Å²) in [5.74, 6) is -0.221. The zero-order valence-corrected chi connectivity index (χ0v) is 16.4. The van der Waals surface area contributed by atoms with Gasteiger partial charge in [-0.3, -0.25) is 9.59 Å². The molecule has 5 nitrogen and oxygen atoms in total. The average molecular weight is 386 g/mol. The summed E-state index contributed by atoms with van der Waals surface area (Å²) in [6, 6.07) is 12.1. The number of halogens is 1. The van der Waals surface area contributed by atoms with Crippen LogP contribution >= 0.6 is 11.6 Å². The molecule has 1 aliphatic heterocycles. The van der Waals surface area contributed by atoms with Gasteiger partial charge in [-0.05, 0) is 61.7 Å². The number of amides is 2. The van der Waals surface area contributed by atoms with Crippen molar-refractivity contribution in [2.45, 2.75) is 19.3 Å². The zero-order valence-electron chi connectivity index (χ0n) is 15.7. The molecular weight excluding hydrogens is 362 g/mol. The first-order valence-corrected chi connectivity index (χ1v) is 9.51. The van der Waals surface area contributed by atoms with Crippen molar-refractivity contribution in [3.63, 3.8) is 0 Å². The monoisotopic (exact) mass is 385 g/mol. The lowest BCUT2D eigenvalue weighted by molar-refractivity contribution is 0.0724. The summed E-state index contributed by atoms with van der Waals surface area (Å²) < 4.78 is 0. The first kappa shape index (κ1) is 19.2. The minimum Gasteiger partial charge on any atom is -0.377 e. The molecule has 1 fully saturated rings. The van der Waals surface area contributed by atoms with Crippen LogP contribution in [0.3, 0.4) is 0 Å². The van der Waals surface area contributed by atoms with Crippen LogP contribution in [0.4, 0.5) is 11.4 Å². The zero-order chi connectivity index (χ0) is 19.4. The van der Waals surface area contributed by atoms with Gasteiger partial charge in [0.25, 0.3) is 11.8 Å². The van der Waals surface area contributed by atoms with Crippen molar-refractivity contribution in [1.29, 1.82) is 0 Å². The van der Waals surface area contributed by atoms with E-state index in [-0.39, 0.29) is 11.8 Å². The van der Waals surface area contributed by atoms with Gasteiger partial charge in [0.2, 0.25) is 0 Å². The SMILES string of the molecule is CN(C)c1ccc(NC(=O)c2ccc(Cl)cc2)cc1C(=O)N1CCCCC1. The van der Waals surface area contributed by atoms with Gasteiger partial charge in [-0.2, -0.15) is 0 Å². The number of nitrogens with one attached hydrogen (secondary N) is 1. The van der Waals surface area contributed by atoms with E-state index in [9.17, 15) is 9.59 Å². The molecule has 0 saturated carbocycles. The summed E-state index contributed by atoms with van der Waals surface area (Å²) in [4.78, 5) is 29.3. The molecule has 0 unspecified atom stereocenters. The van der Waals surface area contributed by atoms with Crippen LogP contribution in [0, 0.1) is 0 Å². The molecule has 0 atom stereocenters. The third-order valence-electron chi connectivity index (χ3n) is 4.72. The van der Waals surface area contributed by atoms with Crippen molar-refractivity contribution >= 4 is 34.8 Å². The van der Waals surface area contributed by atoms with Crippen LogP contribution in [-0.2, 0) is 0 Å². The van der Waals surface area contributed by atoms with E-state index in [1.165, 1.54) is 6.42 Å². The second-order valence-corrected chi connectivity index (χ2v) is 7.38. The van der Waals surface area contributed by atoms with Crippen molar-refractivity contribution < 1.29 is 9.59 Å². The Morgan fingerprint density at radius 3 is 2.30 bits per heavy atom. The molecule has 0 bridgehead atoms. The maximum atomic E-state index is 13.0. The Morgan fingerprint density at radius 1 is 1.00 bits per heavy atom. The van der Waals surface area contributed by atoms with Crippen molar-refractivity contribution in [1.82, 2.24) is 4.90 Å². The van der Waals surface area contributed by atoms with Gasteiger partial charge in [0.1, 0.15) is 0 Å². The van der Waals surface area contributed by atoms with Crippen molar-refractivity contribution in [3.05, 3.63) is 58.6 Å². The molecule has 0 aliphatic carbocycles. The molecule has 2 amide bonds. The molecule has 1 saturated heterocycles. The molecular formula is C21H24ClN3O2. The third-order valence-corrected chi connectivity index (χ3v) is 4.97. The number of nitrogens with zero attached hydrogens (tertiary/aromatic N) is 2. The minimum absolute atomic E-state index is 0.0148. The summed E-state index contributed by atoms with van der Waals surface area (Å²) >= 11 is 5.87. The molecule has 27 heavy (non-hydrogen) atoms. The fourth-order valence-corrected chi connectivity index (χ4v) is 3.37. The molecule has 3 rings (SSSR count). The van der Waals surface area contributed by atoms with Gasteiger partial charge in [0.05, 0.1) is 5.56 Å². The van der Waals surface area contributed by atoms with Crippen LogP contribution in [0.15, 0.2) is 42.5 Å². The predicted molar refractivity (Wildman–Crippen MR) is 110 cm³/mol. The average Bonchev–Trinajstić information content (AvgIpc) is 2.68. The number of benzene rings is 2. The molecule has 142 valence electrons. The highest BCUT2D eigenvalue weighted by molar-refractivity contribution is 6.30. The topological polar surface area (TPSA) is 52.7 Å². The molecule has 2 aromatic rings. The van der Waals surface area contributed by atoms with Crippen molar-refractivity contribution in [2.75, 3.05) is 37.4 Å². The number of piperidine rings is 1. The molecule has 1 N–H and O–H groups in total. The highest BCUT2D eigenvalue weighted by Gasteiger charge is 2.22. The molecule has 1 aliphatic rings. The lowest BCUT2D eigenvalue weighted by Gasteiger charge is -2.28. The van der Waals surface area contributed by atoms with Crippen LogP contribution in [0.5, 0.6) is 0 Å². The number of carbonyl (C=O) groups is 2. The fourth-order valence-electron chi connectivity index (χ4n) is 3.25. The number of anilines is 2. The number of hydrogen-bond acceptors (Lipinski definition) is 3. The quantitative estimate of drug-likeness (QED) is 0.854. The Balaban J connectivity index is 1.85. The summed E-state index contributed by atoms with van der Waals surface area (Å²) in [7, 11) is 3.82. The van der Waals surface area contributed by atoms with E-state index in [4.69, 9.17) is 11.6 Å². The van der Waals surface area contributed by atoms with Gasteiger partial charge in [0, 0.05) is 49.1 Å².